The molecular formula is C16H16O5S. The van der Waals surface area contributed by atoms with E-state index in [2.05, 4.69) is 0 Å². The number of aliphatic hydroxyl groups is 1. The fourth-order valence-corrected chi connectivity index (χ4v) is 4.90. The van der Waals surface area contributed by atoms with Gasteiger partial charge >= 0.3 is 5.97 Å². The van der Waals surface area contributed by atoms with Crippen LogP contribution in [0.1, 0.15) is 19.3 Å². The molecule has 0 amide bonds. The summed E-state index contributed by atoms with van der Waals surface area (Å²) in [5.41, 5.74) is 0. The Morgan fingerprint density at radius 3 is 2.36 bits per heavy atom. The van der Waals surface area contributed by atoms with Crippen molar-refractivity contribution in [1.29, 1.82) is 0 Å². The average Bonchev–Trinajstić information content (AvgIpc) is 3.28. The van der Waals surface area contributed by atoms with Gasteiger partial charge in [-0.3, -0.25) is 4.79 Å². The van der Waals surface area contributed by atoms with Crippen LogP contribution in [-0.4, -0.2) is 35.5 Å². The largest absolute Gasteiger partial charge is 0.481 e. The van der Waals surface area contributed by atoms with Crippen LogP contribution in [-0.2, 0) is 14.6 Å². The molecular weight excluding hydrogens is 304 g/mol. The number of hydrogen-bond donors (Lipinski definition) is 2. The standard InChI is InChI=1S/C16H16O5S/c17-14(10-15(18)19)16(7-8-16)22(20,21)13-6-5-11-3-1-2-4-12(11)9-13/h1-6,9,14,17H,7-8,10H2,(H,18,19). The minimum Gasteiger partial charge on any atom is -0.481 e. The van der Waals surface area contributed by atoms with E-state index in [1.165, 1.54) is 6.07 Å². The summed E-state index contributed by atoms with van der Waals surface area (Å²) in [5.74, 6) is -1.20. The van der Waals surface area contributed by atoms with Crippen molar-refractivity contribution in [2.75, 3.05) is 0 Å². The van der Waals surface area contributed by atoms with Gasteiger partial charge < -0.3 is 10.2 Å². The lowest BCUT2D eigenvalue weighted by molar-refractivity contribution is -0.139. The molecule has 116 valence electrons. The minimum atomic E-state index is -3.78. The molecule has 1 unspecified atom stereocenters. The summed E-state index contributed by atoms with van der Waals surface area (Å²) < 4.78 is 24.3. The summed E-state index contributed by atoms with van der Waals surface area (Å²) in [5, 5.41) is 20.6. The topological polar surface area (TPSA) is 91.7 Å². The Morgan fingerprint density at radius 1 is 1.14 bits per heavy atom. The van der Waals surface area contributed by atoms with E-state index in [-0.39, 0.29) is 17.7 Å². The molecule has 1 fully saturated rings. The monoisotopic (exact) mass is 320 g/mol. The summed E-state index contributed by atoms with van der Waals surface area (Å²) in [6.07, 6.45) is -1.37. The Bertz CT molecular complexity index is 836. The van der Waals surface area contributed by atoms with Crippen LogP contribution in [0.3, 0.4) is 0 Å². The molecule has 0 saturated heterocycles. The highest BCUT2D eigenvalue weighted by Gasteiger charge is 2.60. The lowest BCUT2D eigenvalue weighted by Gasteiger charge is -2.21. The molecule has 0 bridgehead atoms. The predicted octanol–water partition coefficient (Wildman–Crippen LogP) is 1.98. The van der Waals surface area contributed by atoms with Crippen LogP contribution in [0.25, 0.3) is 10.8 Å². The Hall–Kier alpha value is -1.92. The van der Waals surface area contributed by atoms with Gasteiger partial charge in [0.25, 0.3) is 0 Å². The van der Waals surface area contributed by atoms with E-state index in [0.717, 1.165) is 10.8 Å². The highest BCUT2D eigenvalue weighted by Crippen LogP contribution is 2.50. The number of carbonyl (C=O) groups is 1. The van der Waals surface area contributed by atoms with Gasteiger partial charge in [-0.15, -0.1) is 0 Å². The molecule has 0 radical (unpaired) electrons. The number of fused-ring (bicyclic) bond motifs is 1. The summed E-state index contributed by atoms with van der Waals surface area (Å²) in [6, 6.07) is 12.2. The molecule has 3 rings (SSSR count). The zero-order valence-electron chi connectivity index (χ0n) is 11.8. The van der Waals surface area contributed by atoms with Crippen LogP contribution in [0.2, 0.25) is 0 Å². The first kappa shape index (κ1) is 15.0. The molecule has 0 aromatic heterocycles. The van der Waals surface area contributed by atoms with Gasteiger partial charge in [0.1, 0.15) is 4.75 Å². The number of sulfone groups is 1. The van der Waals surface area contributed by atoms with Crippen molar-refractivity contribution in [3.63, 3.8) is 0 Å². The summed E-state index contributed by atoms with van der Waals surface area (Å²) >= 11 is 0. The molecule has 1 atom stereocenters. The third kappa shape index (κ3) is 2.28. The van der Waals surface area contributed by atoms with E-state index in [1.54, 1.807) is 12.1 Å². The van der Waals surface area contributed by atoms with Crippen molar-refractivity contribution < 1.29 is 23.4 Å². The molecule has 1 aliphatic carbocycles. The van der Waals surface area contributed by atoms with Crippen molar-refractivity contribution >= 4 is 26.6 Å². The summed E-state index contributed by atoms with van der Waals surface area (Å²) in [7, 11) is -3.78. The quantitative estimate of drug-likeness (QED) is 0.879. The van der Waals surface area contributed by atoms with Gasteiger partial charge in [0.2, 0.25) is 0 Å². The number of carboxylic acids is 1. The second-order valence-electron chi connectivity index (χ2n) is 5.69. The van der Waals surface area contributed by atoms with Crippen molar-refractivity contribution in [2.24, 2.45) is 0 Å². The fraction of sp³-hybridized carbons (Fsp3) is 0.312. The Labute approximate surface area is 128 Å². The fourth-order valence-electron chi connectivity index (χ4n) is 2.82. The first-order chi connectivity index (χ1) is 10.4. The third-order valence-electron chi connectivity index (χ3n) is 4.28. The Morgan fingerprint density at radius 2 is 1.77 bits per heavy atom. The Balaban J connectivity index is 2.03. The summed E-state index contributed by atoms with van der Waals surface area (Å²) in [4.78, 5) is 10.9. The SMILES string of the molecule is O=C(O)CC(O)C1(S(=O)(=O)c2ccc3ccccc3c2)CC1. The molecule has 0 aliphatic heterocycles. The molecule has 22 heavy (non-hydrogen) atoms. The number of benzene rings is 2. The lowest BCUT2D eigenvalue weighted by atomic mass is 10.1. The van der Waals surface area contributed by atoms with E-state index >= 15 is 0 Å². The molecule has 2 aromatic carbocycles. The van der Waals surface area contributed by atoms with Crippen LogP contribution >= 0.6 is 0 Å². The molecule has 1 saturated carbocycles. The van der Waals surface area contributed by atoms with Crippen molar-refractivity contribution in [3.8, 4) is 0 Å². The maximum absolute atomic E-state index is 12.8. The van der Waals surface area contributed by atoms with E-state index in [9.17, 15) is 18.3 Å². The number of hydrogen-bond acceptors (Lipinski definition) is 4. The van der Waals surface area contributed by atoms with Crippen LogP contribution in [0.5, 0.6) is 0 Å². The van der Waals surface area contributed by atoms with Gasteiger partial charge in [-0.25, -0.2) is 8.42 Å². The molecule has 2 aromatic rings. The summed E-state index contributed by atoms with van der Waals surface area (Å²) in [6.45, 7) is 0. The number of carboxylic acid groups (broad SMARTS) is 1. The first-order valence-electron chi connectivity index (χ1n) is 7.00. The van der Waals surface area contributed by atoms with Crippen LogP contribution < -0.4 is 0 Å². The van der Waals surface area contributed by atoms with E-state index < -0.39 is 33.1 Å². The maximum Gasteiger partial charge on any atom is 0.306 e. The first-order valence-corrected chi connectivity index (χ1v) is 8.48. The predicted molar refractivity (Wildman–Crippen MR) is 81.4 cm³/mol. The molecule has 1 aliphatic rings. The number of aliphatic carboxylic acids is 1. The van der Waals surface area contributed by atoms with Gasteiger partial charge in [-0.2, -0.15) is 0 Å². The molecule has 0 heterocycles. The minimum absolute atomic E-state index is 0.133. The maximum atomic E-state index is 12.8. The van der Waals surface area contributed by atoms with Gasteiger partial charge in [-0.05, 0) is 35.7 Å². The van der Waals surface area contributed by atoms with Gasteiger partial charge in [-0.1, -0.05) is 30.3 Å². The Kier molecular flexibility index (Phi) is 3.45. The van der Waals surface area contributed by atoms with Crippen LogP contribution in [0.4, 0.5) is 0 Å². The number of aliphatic hydroxyl groups excluding tert-OH is 1. The van der Waals surface area contributed by atoms with Gasteiger partial charge in [0, 0.05) is 0 Å². The van der Waals surface area contributed by atoms with Gasteiger partial charge in [0.15, 0.2) is 9.84 Å². The zero-order valence-corrected chi connectivity index (χ0v) is 12.6. The normalized spacial score (nSPS) is 18.0. The smallest absolute Gasteiger partial charge is 0.306 e. The molecule has 0 spiro atoms. The third-order valence-corrected chi connectivity index (χ3v) is 6.91. The van der Waals surface area contributed by atoms with Crippen molar-refractivity contribution in [1.82, 2.24) is 0 Å². The molecule has 2 N–H and O–H groups in total. The van der Waals surface area contributed by atoms with E-state index in [1.807, 2.05) is 24.3 Å². The van der Waals surface area contributed by atoms with Crippen LogP contribution in [0, 0.1) is 0 Å². The molecule has 5 nitrogen and oxygen atoms in total. The lowest BCUT2D eigenvalue weighted by Crippen LogP contribution is -2.38. The number of rotatable bonds is 5. The van der Waals surface area contributed by atoms with E-state index in [0.29, 0.717) is 0 Å². The average molecular weight is 320 g/mol. The molecule has 6 heteroatoms. The zero-order chi connectivity index (χ0) is 16.0. The van der Waals surface area contributed by atoms with E-state index in [4.69, 9.17) is 5.11 Å². The van der Waals surface area contributed by atoms with Crippen LogP contribution in [0.15, 0.2) is 47.4 Å². The van der Waals surface area contributed by atoms with Gasteiger partial charge in [0.05, 0.1) is 17.4 Å². The van der Waals surface area contributed by atoms with Crippen molar-refractivity contribution in [3.05, 3.63) is 42.5 Å². The second-order valence-corrected chi connectivity index (χ2v) is 7.98. The van der Waals surface area contributed by atoms with Crippen molar-refractivity contribution in [2.45, 2.75) is 35.0 Å². The highest BCUT2D eigenvalue weighted by molar-refractivity contribution is 7.93. The second kappa shape index (κ2) is 5.07. The highest BCUT2D eigenvalue weighted by atomic mass is 32.2.